The molecule has 0 aromatic rings. The lowest BCUT2D eigenvalue weighted by Gasteiger charge is -2.37. The monoisotopic (exact) mass is 279 g/mol. The summed E-state index contributed by atoms with van der Waals surface area (Å²) in [5.74, 6) is -0.208. The molecule has 2 fully saturated rings. The first-order valence-corrected chi connectivity index (χ1v) is 8.02. The Balaban J connectivity index is 1.97. The first kappa shape index (κ1) is 14.2. The van der Waals surface area contributed by atoms with Crippen LogP contribution in [0.25, 0.3) is 0 Å². The van der Waals surface area contributed by atoms with Crippen molar-refractivity contribution in [2.24, 2.45) is 0 Å². The maximum Gasteiger partial charge on any atom is 0.154 e. The molecule has 6 nitrogen and oxygen atoms in total. The van der Waals surface area contributed by atoms with Crippen LogP contribution < -0.4 is 0 Å². The molecule has 2 N–H and O–H groups in total. The zero-order valence-electron chi connectivity index (χ0n) is 10.6. The highest BCUT2D eigenvalue weighted by atomic mass is 32.2. The largest absolute Gasteiger partial charge is 0.390 e. The molecule has 7 heteroatoms. The fourth-order valence-electron chi connectivity index (χ4n) is 2.72. The molecule has 0 saturated carbocycles. The molecule has 2 atom stereocenters. The molecule has 0 spiro atoms. The number of nitrogens with zero attached hydrogens (tertiary/aromatic N) is 1. The van der Waals surface area contributed by atoms with Crippen molar-refractivity contribution in [2.75, 3.05) is 38.3 Å². The summed E-state index contributed by atoms with van der Waals surface area (Å²) >= 11 is 0. The molecule has 106 valence electrons. The Bertz CT molecular complexity index is 390. The molecule has 0 aromatic carbocycles. The molecule has 0 bridgehead atoms. The average molecular weight is 279 g/mol. The number of ether oxygens (including phenoxy) is 1. The van der Waals surface area contributed by atoms with Gasteiger partial charge in [-0.3, -0.25) is 4.90 Å². The first-order chi connectivity index (χ1) is 8.31. The van der Waals surface area contributed by atoms with E-state index in [9.17, 15) is 18.6 Å². The summed E-state index contributed by atoms with van der Waals surface area (Å²) in [4.78, 5) is 1.76. The van der Waals surface area contributed by atoms with Gasteiger partial charge in [0.1, 0.15) is 0 Å². The van der Waals surface area contributed by atoms with Crippen LogP contribution in [0.2, 0.25) is 0 Å². The maximum absolute atomic E-state index is 11.5. The Morgan fingerprint density at radius 1 is 1.33 bits per heavy atom. The molecule has 0 radical (unpaired) electrons. The molecule has 0 aliphatic carbocycles. The Labute approximate surface area is 107 Å². The van der Waals surface area contributed by atoms with Crippen molar-refractivity contribution < 1.29 is 23.4 Å². The first-order valence-electron chi connectivity index (χ1n) is 6.20. The molecular weight excluding hydrogens is 258 g/mol. The fraction of sp³-hybridized carbons (Fsp3) is 1.00. The third kappa shape index (κ3) is 3.21. The molecule has 0 amide bonds. The fourth-order valence-corrected chi connectivity index (χ4v) is 4.60. The molecule has 2 aliphatic rings. The summed E-state index contributed by atoms with van der Waals surface area (Å²) in [6.45, 7) is 1.42. The van der Waals surface area contributed by atoms with E-state index >= 15 is 0 Å². The van der Waals surface area contributed by atoms with Gasteiger partial charge in [-0.05, 0) is 7.05 Å². The number of aliphatic hydroxyl groups is 2. The maximum atomic E-state index is 11.5. The second-order valence-corrected chi connectivity index (χ2v) is 7.62. The van der Waals surface area contributed by atoms with Gasteiger partial charge in [-0.2, -0.15) is 0 Å². The summed E-state index contributed by atoms with van der Waals surface area (Å²) in [6, 6.07) is -0.415. The molecule has 0 aromatic heterocycles. The van der Waals surface area contributed by atoms with Crippen LogP contribution in [0.15, 0.2) is 0 Å². The van der Waals surface area contributed by atoms with E-state index in [4.69, 9.17) is 4.74 Å². The highest BCUT2D eigenvalue weighted by molar-refractivity contribution is 7.91. The van der Waals surface area contributed by atoms with E-state index in [-0.39, 0.29) is 11.5 Å². The van der Waals surface area contributed by atoms with Crippen LogP contribution >= 0.6 is 0 Å². The number of hydrogen-bond donors (Lipinski definition) is 2. The SMILES string of the molecule is CN(CC1(O)CCOCC1)C1CS(=O)(=O)CC1O. The van der Waals surface area contributed by atoms with Gasteiger partial charge in [0.05, 0.1) is 29.3 Å². The quantitative estimate of drug-likeness (QED) is 0.662. The Morgan fingerprint density at radius 2 is 1.94 bits per heavy atom. The Morgan fingerprint density at radius 3 is 2.44 bits per heavy atom. The van der Waals surface area contributed by atoms with Gasteiger partial charge in [0.15, 0.2) is 9.84 Å². The third-order valence-electron chi connectivity index (χ3n) is 3.83. The van der Waals surface area contributed by atoms with Crippen LogP contribution in [0.1, 0.15) is 12.8 Å². The molecule has 2 saturated heterocycles. The Kier molecular flexibility index (Phi) is 3.99. The van der Waals surface area contributed by atoms with Gasteiger partial charge in [0.2, 0.25) is 0 Å². The molecule has 2 heterocycles. The van der Waals surface area contributed by atoms with Crippen molar-refractivity contribution in [3.8, 4) is 0 Å². The molecule has 2 rings (SSSR count). The van der Waals surface area contributed by atoms with Crippen molar-refractivity contribution in [3.05, 3.63) is 0 Å². The normalized spacial score (nSPS) is 34.9. The van der Waals surface area contributed by atoms with Crippen LogP contribution in [0.5, 0.6) is 0 Å². The third-order valence-corrected chi connectivity index (χ3v) is 5.53. The second kappa shape index (κ2) is 5.05. The van der Waals surface area contributed by atoms with E-state index in [1.54, 1.807) is 11.9 Å². The predicted molar refractivity (Wildman–Crippen MR) is 66.1 cm³/mol. The van der Waals surface area contributed by atoms with Crippen LogP contribution in [0.4, 0.5) is 0 Å². The van der Waals surface area contributed by atoms with Crippen molar-refractivity contribution in [3.63, 3.8) is 0 Å². The molecule has 2 unspecified atom stereocenters. The lowest BCUT2D eigenvalue weighted by atomic mass is 9.93. The van der Waals surface area contributed by atoms with Crippen LogP contribution in [-0.4, -0.2) is 79.6 Å². The lowest BCUT2D eigenvalue weighted by molar-refractivity contribution is -0.0846. The van der Waals surface area contributed by atoms with E-state index in [1.165, 1.54) is 0 Å². The number of aliphatic hydroxyl groups excluding tert-OH is 1. The predicted octanol–water partition coefficient (Wildman–Crippen LogP) is -1.38. The number of likely N-dealkylation sites (N-methyl/N-ethyl adjacent to an activating group) is 1. The summed E-state index contributed by atoms with van der Waals surface area (Å²) in [6.07, 6.45) is 0.239. The molecule has 2 aliphatic heterocycles. The van der Waals surface area contributed by atoms with Crippen LogP contribution in [-0.2, 0) is 14.6 Å². The van der Waals surface area contributed by atoms with Gasteiger partial charge in [-0.1, -0.05) is 0 Å². The van der Waals surface area contributed by atoms with E-state index in [0.717, 1.165) is 0 Å². The summed E-state index contributed by atoms with van der Waals surface area (Å²) in [5, 5.41) is 20.1. The van der Waals surface area contributed by atoms with Crippen LogP contribution in [0.3, 0.4) is 0 Å². The van der Waals surface area contributed by atoms with Gasteiger partial charge >= 0.3 is 0 Å². The average Bonchev–Trinajstić information content (AvgIpc) is 2.52. The van der Waals surface area contributed by atoms with Crippen molar-refractivity contribution >= 4 is 9.84 Å². The van der Waals surface area contributed by atoms with E-state index in [1.807, 2.05) is 0 Å². The lowest BCUT2D eigenvalue weighted by Crippen LogP contribution is -2.51. The van der Waals surface area contributed by atoms with Crippen molar-refractivity contribution in [1.29, 1.82) is 0 Å². The summed E-state index contributed by atoms with van der Waals surface area (Å²) < 4.78 is 28.1. The zero-order chi connectivity index (χ0) is 13.4. The van der Waals surface area contributed by atoms with Crippen molar-refractivity contribution in [1.82, 2.24) is 4.90 Å². The van der Waals surface area contributed by atoms with E-state index in [2.05, 4.69) is 0 Å². The van der Waals surface area contributed by atoms with Gasteiger partial charge in [0, 0.05) is 32.6 Å². The second-order valence-electron chi connectivity index (χ2n) is 5.46. The standard InChI is InChI=1S/C11H21NO5S/c1-12(8-11(14)2-4-17-5-3-11)9-6-18(15,16)7-10(9)13/h9-10,13-14H,2-8H2,1H3. The number of sulfone groups is 1. The minimum Gasteiger partial charge on any atom is -0.390 e. The smallest absolute Gasteiger partial charge is 0.154 e. The van der Waals surface area contributed by atoms with Gasteiger partial charge in [0.25, 0.3) is 0 Å². The van der Waals surface area contributed by atoms with E-state index in [0.29, 0.717) is 32.6 Å². The van der Waals surface area contributed by atoms with Gasteiger partial charge in [-0.15, -0.1) is 0 Å². The highest BCUT2D eigenvalue weighted by Gasteiger charge is 2.41. The number of hydrogen-bond acceptors (Lipinski definition) is 6. The molecule has 18 heavy (non-hydrogen) atoms. The topological polar surface area (TPSA) is 87.1 Å². The minimum atomic E-state index is -3.15. The summed E-state index contributed by atoms with van der Waals surface area (Å²) in [5.41, 5.74) is -0.834. The highest BCUT2D eigenvalue weighted by Crippen LogP contribution is 2.24. The Hall–Kier alpha value is -0.210. The van der Waals surface area contributed by atoms with Crippen LogP contribution in [0, 0.1) is 0 Å². The number of rotatable bonds is 3. The minimum absolute atomic E-state index is 0.0305. The van der Waals surface area contributed by atoms with E-state index < -0.39 is 27.6 Å². The molecular formula is C11H21NO5S. The summed E-state index contributed by atoms with van der Waals surface area (Å²) in [7, 11) is -1.40. The van der Waals surface area contributed by atoms with Gasteiger partial charge < -0.3 is 14.9 Å². The van der Waals surface area contributed by atoms with Gasteiger partial charge in [-0.25, -0.2) is 8.42 Å². The van der Waals surface area contributed by atoms with Crippen molar-refractivity contribution in [2.45, 2.75) is 30.6 Å². The zero-order valence-corrected chi connectivity index (χ0v) is 11.4.